The van der Waals surface area contributed by atoms with Crippen LogP contribution in [-0.2, 0) is 9.53 Å². The second-order valence-electron chi connectivity index (χ2n) is 9.04. The van der Waals surface area contributed by atoms with E-state index in [1.54, 1.807) is 40.3 Å². The van der Waals surface area contributed by atoms with Crippen LogP contribution in [0.4, 0.5) is 24.5 Å². The van der Waals surface area contributed by atoms with Gasteiger partial charge in [0.15, 0.2) is 11.7 Å². The molecule has 0 saturated carbocycles. The van der Waals surface area contributed by atoms with Crippen LogP contribution in [0.25, 0.3) is 5.65 Å². The number of benzene rings is 1. The highest BCUT2D eigenvalue weighted by Gasteiger charge is 2.46. The van der Waals surface area contributed by atoms with E-state index in [0.29, 0.717) is 22.6 Å². The molecule has 1 amide bonds. The number of fused-ring (bicyclic) bond motifs is 1. The molecule has 34 heavy (non-hydrogen) atoms. The van der Waals surface area contributed by atoms with E-state index >= 15 is 0 Å². The number of amides is 1. The van der Waals surface area contributed by atoms with Crippen molar-refractivity contribution in [3.8, 4) is 0 Å². The minimum atomic E-state index is -4.64. The van der Waals surface area contributed by atoms with Gasteiger partial charge in [-0.3, -0.25) is 4.79 Å². The first-order valence-corrected chi connectivity index (χ1v) is 10.9. The maximum Gasteiger partial charge on any atom is 0.413 e. The Kier molecular flexibility index (Phi) is 7.14. The van der Waals surface area contributed by atoms with Gasteiger partial charge >= 0.3 is 6.18 Å². The van der Waals surface area contributed by atoms with Crippen molar-refractivity contribution in [3.05, 3.63) is 52.9 Å². The van der Waals surface area contributed by atoms with Crippen LogP contribution in [0.5, 0.6) is 0 Å². The average Bonchev–Trinajstić information content (AvgIpc) is 3.12. The molecule has 0 unspecified atom stereocenters. The number of rotatable bonds is 6. The summed E-state index contributed by atoms with van der Waals surface area (Å²) in [5.41, 5.74) is 1.30. The van der Waals surface area contributed by atoms with Crippen LogP contribution in [-0.4, -0.2) is 45.7 Å². The second kappa shape index (κ2) is 9.42. The molecule has 0 saturated heterocycles. The van der Waals surface area contributed by atoms with Crippen LogP contribution < -0.4 is 5.32 Å². The smallest absolute Gasteiger partial charge is 0.377 e. The normalized spacial score (nSPS) is 14.2. The van der Waals surface area contributed by atoms with Crippen molar-refractivity contribution < 1.29 is 22.7 Å². The fourth-order valence-corrected chi connectivity index (χ4v) is 3.90. The molecule has 1 N–H and O–H groups in total. The lowest BCUT2D eigenvalue weighted by molar-refractivity contribution is -0.192. The molecule has 2 heterocycles. The number of methoxy groups -OCH3 is 1. The summed E-state index contributed by atoms with van der Waals surface area (Å²) in [4.78, 5) is 17.6. The SMILES string of the molecule is CO[C@@H](C)c1c(Nc2ccc([C@H](N(C)C(=O)C(C)(C)C)C(F)(F)F)cc2)cnn2cc(Cl)nc12. The molecule has 0 aliphatic carbocycles. The van der Waals surface area contributed by atoms with Crippen molar-refractivity contribution in [1.82, 2.24) is 19.5 Å². The number of carbonyl (C=O) groups is 1. The van der Waals surface area contributed by atoms with E-state index in [0.717, 1.165) is 4.90 Å². The summed E-state index contributed by atoms with van der Waals surface area (Å²) in [6.07, 6.45) is -1.87. The van der Waals surface area contributed by atoms with Crippen molar-refractivity contribution in [2.45, 2.75) is 46.0 Å². The first-order valence-electron chi connectivity index (χ1n) is 10.5. The zero-order valence-corrected chi connectivity index (χ0v) is 20.5. The van der Waals surface area contributed by atoms with Gasteiger partial charge in [0.05, 0.1) is 29.7 Å². The zero-order chi connectivity index (χ0) is 25.4. The lowest BCUT2D eigenvalue weighted by Gasteiger charge is -2.34. The van der Waals surface area contributed by atoms with Gasteiger partial charge in [-0.15, -0.1) is 0 Å². The van der Waals surface area contributed by atoms with E-state index in [-0.39, 0.29) is 16.8 Å². The molecule has 0 spiro atoms. The van der Waals surface area contributed by atoms with Gasteiger partial charge in [-0.2, -0.15) is 18.3 Å². The maximum atomic E-state index is 13.9. The summed E-state index contributed by atoms with van der Waals surface area (Å²) in [5, 5.41) is 7.72. The van der Waals surface area contributed by atoms with Crippen molar-refractivity contribution in [2.24, 2.45) is 5.41 Å². The van der Waals surface area contributed by atoms with Crippen LogP contribution in [0.1, 0.15) is 51.0 Å². The van der Waals surface area contributed by atoms with Crippen LogP contribution in [0, 0.1) is 5.41 Å². The van der Waals surface area contributed by atoms with Crippen molar-refractivity contribution in [1.29, 1.82) is 0 Å². The molecule has 11 heteroatoms. The van der Waals surface area contributed by atoms with E-state index < -0.39 is 23.5 Å². The van der Waals surface area contributed by atoms with E-state index in [1.165, 1.54) is 35.8 Å². The van der Waals surface area contributed by atoms with Gasteiger partial charge in [0.1, 0.15) is 5.15 Å². The molecule has 2 atom stereocenters. The fraction of sp³-hybridized carbons (Fsp3) is 0.435. The molecule has 1 aromatic carbocycles. The summed E-state index contributed by atoms with van der Waals surface area (Å²) < 4.78 is 48.8. The van der Waals surface area contributed by atoms with Gasteiger partial charge in [-0.05, 0) is 24.6 Å². The van der Waals surface area contributed by atoms with Crippen LogP contribution in [0.3, 0.4) is 0 Å². The standard InChI is InChI=1S/C23H27ClF3N5O2/c1-13(34-6)18-16(11-28-32-12-17(24)30-20(18)32)29-15-9-7-14(8-10-15)19(23(25,26)27)31(5)21(33)22(2,3)4/h7-13,19,29H,1-6H3/t13-,19-/m0/s1. The van der Waals surface area contributed by atoms with E-state index in [4.69, 9.17) is 16.3 Å². The second-order valence-corrected chi connectivity index (χ2v) is 9.43. The highest BCUT2D eigenvalue weighted by molar-refractivity contribution is 6.29. The number of halogens is 4. The summed E-state index contributed by atoms with van der Waals surface area (Å²) in [6, 6.07) is 3.68. The number of carbonyl (C=O) groups excluding carboxylic acids is 1. The number of hydrogen-bond acceptors (Lipinski definition) is 5. The number of nitrogens with one attached hydrogen (secondary N) is 1. The van der Waals surface area contributed by atoms with E-state index in [9.17, 15) is 18.0 Å². The maximum absolute atomic E-state index is 13.9. The number of ether oxygens (including phenoxy) is 1. The quantitative estimate of drug-likeness (QED) is 0.456. The number of nitrogens with zero attached hydrogens (tertiary/aromatic N) is 4. The fourth-order valence-electron chi connectivity index (χ4n) is 3.73. The van der Waals surface area contributed by atoms with Gasteiger partial charge in [0, 0.05) is 25.3 Å². The van der Waals surface area contributed by atoms with E-state index in [2.05, 4.69) is 15.4 Å². The molecule has 2 aromatic heterocycles. The molecule has 0 radical (unpaired) electrons. The molecule has 0 bridgehead atoms. The van der Waals surface area contributed by atoms with Crippen LogP contribution >= 0.6 is 11.6 Å². The number of imidazole rings is 1. The third kappa shape index (κ3) is 5.28. The molecule has 0 aliphatic rings. The Balaban J connectivity index is 1.95. The minimum Gasteiger partial charge on any atom is -0.377 e. The molecule has 184 valence electrons. The van der Waals surface area contributed by atoms with Crippen LogP contribution in [0.15, 0.2) is 36.7 Å². The number of hydrogen-bond donors (Lipinski definition) is 1. The molecule has 0 aliphatic heterocycles. The Morgan fingerprint density at radius 1 is 1.21 bits per heavy atom. The Hall–Kier alpha value is -2.85. The topological polar surface area (TPSA) is 71.8 Å². The van der Waals surface area contributed by atoms with Gasteiger partial charge in [-0.1, -0.05) is 44.5 Å². The largest absolute Gasteiger partial charge is 0.413 e. The molecule has 0 fully saturated rings. The molecule has 3 aromatic rings. The minimum absolute atomic E-state index is 0.0442. The number of anilines is 2. The summed E-state index contributed by atoms with van der Waals surface area (Å²) in [5.74, 6) is -0.604. The summed E-state index contributed by atoms with van der Waals surface area (Å²) >= 11 is 6.02. The van der Waals surface area contributed by atoms with Crippen molar-refractivity contribution >= 4 is 34.5 Å². The van der Waals surface area contributed by atoms with Crippen molar-refractivity contribution in [3.63, 3.8) is 0 Å². The third-order valence-corrected chi connectivity index (χ3v) is 5.61. The molecular formula is C23H27ClF3N5O2. The predicted octanol–water partition coefficient (Wildman–Crippen LogP) is 5.94. The highest BCUT2D eigenvalue weighted by Crippen LogP contribution is 2.39. The van der Waals surface area contributed by atoms with Gasteiger partial charge in [0.25, 0.3) is 0 Å². The Morgan fingerprint density at radius 3 is 2.35 bits per heavy atom. The Bertz CT molecular complexity index is 1170. The first kappa shape index (κ1) is 25.8. The Morgan fingerprint density at radius 2 is 1.82 bits per heavy atom. The monoisotopic (exact) mass is 497 g/mol. The predicted molar refractivity (Wildman–Crippen MR) is 124 cm³/mol. The lowest BCUT2D eigenvalue weighted by atomic mass is 9.93. The molecular weight excluding hydrogens is 471 g/mol. The Labute approximate surface area is 200 Å². The number of aromatic nitrogens is 3. The summed E-state index contributed by atoms with van der Waals surface area (Å²) in [7, 11) is 2.73. The van der Waals surface area contributed by atoms with Crippen LogP contribution in [0.2, 0.25) is 5.15 Å². The van der Waals surface area contributed by atoms with Gasteiger partial charge < -0.3 is 15.0 Å². The van der Waals surface area contributed by atoms with Gasteiger partial charge in [-0.25, -0.2) is 9.50 Å². The zero-order valence-electron chi connectivity index (χ0n) is 19.7. The highest BCUT2D eigenvalue weighted by atomic mass is 35.5. The molecule has 7 nitrogen and oxygen atoms in total. The first-order chi connectivity index (χ1) is 15.7. The van der Waals surface area contributed by atoms with E-state index in [1.807, 2.05) is 6.92 Å². The third-order valence-electron chi connectivity index (χ3n) is 5.43. The molecule has 3 rings (SSSR count). The lowest BCUT2D eigenvalue weighted by Crippen LogP contribution is -2.44. The average molecular weight is 498 g/mol. The van der Waals surface area contributed by atoms with Crippen molar-refractivity contribution in [2.75, 3.05) is 19.5 Å². The summed E-state index contributed by atoms with van der Waals surface area (Å²) in [6.45, 7) is 6.59. The van der Waals surface area contributed by atoms with Gasteiger partial charge in [0.2, 0.25) is 5.91 Å². The number of alkyl halides is 3.